The van der Waals surface area contributed by atoms with Gasteiger partial charge in [-0.15, -0.1) is 0 Å². The summed E-state index contributed by atoms with van der Waals surface area (Å²) in [6.07, 6.45) is 4.31. The third-order valence-corrected chi connectivity index (χ3v) is 5.05. The van der Waals surface area contributed by atoms with Gasteiger partial charge in [-0.2, -0.15) is 0 Å². The zero-order valence-corrected chi connectivity index (χ0v) is 13.4. The van der Waals surface area contributed by atoms with Crippen LogP contribution in [0.3, 0.4) is 0 Å². The molecule has 1 saturated heterocycles. The maximum absolute atomic E-state index is 13.1. The largest absolute Gasteiger partial charge is 0.340 e. The van der Waals surface area contributed by atoms with Gasteiger partial charge in [0.2, 0.25) is 5.91 Å². The zero-order valence-electron chi connectivity index (χ0n) is 13.4. The summed E-state index contributed by atoms with van der Waals surface area (Å²) in [7, 11) is 2.00. The van der Waals surface area contributed by atoms with Crippen molar-refractivity contribution in [3.8, 4) is 0 Å². The molecule has 0 bridgehead atoms. The SMILES string of the molecule is CNC1CCCN(C(=O)C2(c3cc(C)cc(C)c3)CC2)C1. The second-order valence-corrected chi connectivity index (χ2v) is 6.84. The number of benzene rings is 1. The molecule has 1 aromatic rings. The van der Waals surface area contributed by atoms with Gasteiger partial charge in [0.25, 0.3) is 0 Å². The maximum Gasteiger partial charge on any atom is 0.233 e. The van der Waals surface area contributed by atoms with Crippen LogP contribution >= 0.6 is 0 Å². The Morgan fingerprint density at radius 2 is 1.90 bits per heavy atom. The molecule has 0 spiro atoms. The Bertz CT molecular complexity index is 528. The molecule has 1 N–H and O–H groups in total. The minimum atomic E-state index is -0.216. The second-order valence-electron chi connectivity index (χ2n) is 6.84. The Hall–Kier alpha value is -1.35. The van der Waals surface area contributed by atoms with E-state index in [1.807, 2.05) is 7.05 Å². The van der Waals surface area contributed by atoms with Crippen LogP contribution in [0.4, 0.5) is 0 Å². The van der Waals surface area contributed by atoms with Crippen molar-refractivity contribution in [1.29, 1.82) is 0 Å². The van der Waals surface area contributed by atoms with Crippen LogP contribution in [0.1, 0.15) is 42.4 Å². The molecule has 1 saturated carbocycles. The summed E-state index contributed by atoms with van der Waals surface area (Å²) in [4.78, 5) is 15.2. The van der Waals surface area contributed by atoms with Gasteiger partial charge in [-0.05, 0) is 52.1 Å². The summed E-state index contributed by atoms with van der Waals surface area (Å²) in [5.74, 6) is 0.354. The van der Waals surface area contributed by atoms with E-state index in [-0.39, 0.29) is 5.41 Å². The number of carbonyl (C=O) groups excluding carboxylic acids is 1. The fourth-order valence-corrected chi connectivity index (χ4v) is 3.70. The minimum Gasteiger partial charge on any atom is -0.340 e. The summed E-state index contributed by atoms with van der Waals surface area (Å²) in [5.41, 5.74) is 3.54. The van der Waals surface area contributed by atoms with Crippen molar-refractivity contribution in [3.05, 3.63) is 34.9 Å². The molecule has 1 aliphatic carbocycles. The van der Waals surface area contributed by atoms with Crippen molar-refractivity contribution < 1.29 is 4.79 Å². The van der Waals surface area contributed by atoms with E-state index >= 15 is 0 Å². The summed E-state index contributed by atoms with van der Waals surface area (Å²) >= 11 is 0. The summed E-state index contributed by atoms with van der Waals surface area (Å²) < 4.78 is 0. The number of nitrogens with one attached hydrogen (secondary N) is 1. The van der Waals surface area contributed by atoms with Crippen LogP contribution in [-0.4, -0.2) is 37.0 Å². The Morgan fingerprint density at radius 3 is 2.48 bits per heavy atom. The Balaban J connectivity index is 1.83. The molecular formula is C18H26N2O. The average molecular weight is 286 g/mol. The first-order valence-corrected chi connectivity index (χ1v) is 8.10. The molecule has 3 nitrogen and oxygen atoms in total. The lowest BCUT2D eigenvalue weighted by Gasteiger charge is -2.35. The summed E-state index contributed by atoms with van der Waals surface area (Å²) in [5, 5.41) is 3.32. The van der Waals surface area contributed by atoms with E-state index in [9.17, 15) is 4.79 Å². The van der Waals surface area contributed by atoms with Gasteiger partial charge in [0.05, 0.1) is 5.41 Å². The minimum absolute atomic E-state index is 0.216. The highest BCUT2D eigenvalue weighted by atomic mass is 16.2. The lowest BCUT2D eigenvalue weighted by atomic mass is 9.90. The highest BCUT2D eigenvalue weighted by Crippen LogP contribution is 2.50. The van der Waals surface area contributed by atoms with Gasteiger partial charge in [0.1, 0.15) is 0 Å². The van der Waals surface area contributed by atoms with Gasteiger partial charge in [0, 0.05) is 19.1 Å². The number of hydrogen-bond acceptors (Lipinski definition) is 2. The monoisotopic (exact) mass is 286 g/mol. The first-order valence-electron chi connectivity index (χ1n) is 8.10. The Labute approximate surface area is 127 Å². The summed E-state index contributed by atoms with van der Waals surface area (Å²) in [6.45, 7) is 6.02. The normalized spacial score (nSPS) is 24.0. The van der Waals surface area contributed by atoms with Crippen LogP contribution in [0.15, 0.2) is 18.2 Å². The van der Waals surface area contributed by atoms with Gasteiger partial charge in [-0.3, -0.25) is 4.79 Å². The van der Waals surface area contributed by atoms with E-state index in [2.05, 4.69) is 42.3 Å². The molecule has 21 heavy (non-hydrogen) atoms. The van der Waals surface area contributed by atoms with Crippen LogP contribution in [0.25, 0.3) is 0 Å². The number of amides is 1. The lowest BCUT2D eigenvalue weighted by Crippen LogP contribution is -2.50. The maximum atomic E-state index is 13.1. The number of likely N-dealkylation sites (N-methyl/N-ethyl adjacent to an activating group) is 1. The molecule has 0 radical (unpaired) electrons. The number of aryl methyl sites for hydroxylation is 2. The molecule has 1 atom stereocenters. The molecule has 0 aromatic heterocycles. The molecule has 2 fully saturated rings. The number of piperidine rings is 1. The van der Waals surface area contributed by atoms with E-state index in [0.717, 1.165) is 32.4 Å². The fourth-order valence-electron chi connectivity index (χ4n) is 3.70. The van der Waals surface area contributed by atoms with Crippen molar-refractivity contribution in [3.63, 3.8) is 0 Å². The van der Waals surface area contributed by atoms with E-state index < -0.39 is 0 Å². The average Bonchev–Trinajstić information content (AvgIpc) is 3.27. The number of carbonyl (C=O) groups is 1. The van der Waals surface area contributed by atoms with Crippen LogP contribution < -0.4 is 5.32 Å². The van der Waals surface area contributed by atoms with E-state index in [1.165, 1.54) is 23.1 Å². The smallest absolute Gasteiger partial charge is 0.233 e. The number of nitrogens with zero attached hydrogens (tertiary/aromatic N) is 1. The first kappa shape index (κ1) is 14.6. The van der Waals surface area contributed by atoms with E-state index in [4.69, 9.17) is 0 Å². The molecule has 3 rings (SSSR count). The van der Waals surface area contributed by atoms with Gasteiger partial charge in [-0.1, -0.05) is 29.3 Å². The van der Waals surface area contributed by atoms with Crippen molar-refractivity contribution in [2.75, 3.05) is 20.1 Å². The Kier molecular flexibility index (Phi) is 3.78. The molecule has 1 aromatic carbocycles. The predicted molar refractivity (Wildman–Crippen MR) is 85.5 cm³/mol. The second kappa shape index (κ2) is 5.45. The molecule has 3 heteroatoms. The molecule has 114 valence electrons. The van der Waals surface area contributed by atoms with Crippen LogP contribution in [0.5, 0.6) is 0 Å². The van der Waals surface area contributed by atoms with Crippen molar-refractivity contribution in [2.45, 2.75) is 51.0 Å². The van der Waals surface area contributed by atoms with Gasteiger partial charge >= 0.3 is 0 Å². The molecule has 2 aliphatic rings. The topological polar surface area (TPSA) is 32.3 Å². The van der Waals surface area contributed by atoms with Gasteiger partial charge < -0.3 is 10.2 Å². The van der Waals surface area contributed by atoms with E-state index in [0.29, 0.717) is 11.9 Å². The molecule has 1 unspecified atom stereocenters. The number of rotatable bonds is 3. The number of hydrogen-bond donors (Lipinski definition) is 1. The highest BCUT2D eigenvalue weighted by Gasteiger charge is 2.53. The van der Waals surface area contributed by atoms with Crippen molar-refractivity contribution in [2.24, 2.45) is 0 Å². The van der Waals surface area contributed by atoms with Crippen LogP contribution in [-0.2, 0) is 10.2 Å². The highest BCUT2D eigenvalue weighted by molar-refractivity contribution is 5.91. The fraction of sp³-hybridized carbons (Fsp3) is 0.611. The summed E-state index contributed by atoms with van der Waals surface area (Å²) in [6, 6.07) is 7.05. The Morgan fingerprint density at radius 1 is 1.24 bits per heavy atom. The molecular weight excluding hydrogens is 260 g/mol. The predicted octanol–water partition coefficient (Wildman–Crippen LogP) is 2.55. The molecule has 1 heterocycles. The quantitative estimate of drug-likeness (QED) is 0.926. The van der Waals surface area contributed by atoms with Gasteiger partial charge in [0.15, 0.2) is 0 Å². The first-order chi connectivity index (χ1) is 10.0. The van der Waals surface area contributed by atoms with E-state index in [1.54, 1.807) is 0 Å². The molecule has 1 aliphatic heterocycles. The third kappa shape index (κ3) is 2.71. The van der Waals surface area contributed by atoms with Crippen molar-refractivity contribution in [1.82, 2.24) is 10.2 Å². The van der Waals surface area contributed by atoms with Gasteiger partial charge in [-0.25, -0.2) is 0 Å². The third-order valence-electron chi connectivity index (χ3n) is 5.05. The standard InChI is InChI=1S/C18H26N2O/c1-13-9-14(2)11-15(10-13)18(6-7-18)17(21)20-8-4-5-16(12-20)19-3/h9-11,16,19H,4-8,12H2,1-3H3. The van der Waals surface area contributed by atoms with Crippen molar-refractivity contribution >= 4 is 5.91 Å². The van der Waals surface area contributed by atoms with Crippen LogP contribution in [0, 0.1) is 13.8 Å². The molecule has 1 amide bonds. The zero-order chi connectivity index (χ0) is 15.0. The van der Waals surface area contributed by atoms with Crippen LogP contribution in [0.2, 0.25) is 0 Å². The number of likely N-dealkylation sites (tertiary alicyclic amines) is 1. The lowest BCUT2D eigenvalue weighted by molar-refractivity contribution is -0.135.